The highest BCUT2D eigenvalue weighted by Crippen LogP contribution is 2.34. The SMILES string of the molecule is COc1ccc(-c2nc3c(C)cccn3c2/C=C/C(N)=O)cc1OC. The molecule has 128 valence electrons. The Bertz CT molecular complexity index is 973. The molecule has 0 unspecified atom stereocenters. The first kappa shape index (κ1) is 16.6. The number of rotatable bonds is 5. The minimum Gasteiger partial charge on any atom is -0.493 e. The average Bonchev–Trinajstić information content (AvgIpc) is 2.99. The Morgan fingerprint density at radius 1 is 1.20 bits per heavy atom. The lowest BCUT2D eigenvalue weighted by Gasteiger charge is -2.09. The molecule has 0 atom stereocenters. The summed E-state index contributed by atoms with van der Waals surface area (Å²) in [5.41, 5.74) is 9.46. The monoisotopic (exact) mass is 337 g/mol. The molecule has 0 saturated carbocycles. The lowest BCUT2D eigenvalue weighted by Crippen LogP contribution is -2.05. The van der Waals surface area contributed by atoms with Gasteiger partial charge in [0.15, 0.2) is 11.5 Å². The topological polar surface area (TPSA) is 78.9 Å². The molecule has 1 aromatic carbocycles. The number of imidazole rings is 1. The predicted octanol–water partition coefficient (Wildman–Crippen LogP) is 2.83. The molecule has 0 radical (unpaired) electrons. The van der Waals surface area contributed by atoms with Gasteiger partial charge in [0.05, 0.1) is 25.6 Å². The van der Waals surface area contributed by atoms with Crippen molar-refractivity contribution in [3.8, 4) is 22.8 Å². The number of primary amides is 1. The maximum Gasteiger partial charge on any atom is 0.241 e. The molecule has 0 aliphatic carbocycles. The lowest BCUT2D eigenvalue weighted by atomic mass is 10.1. The number of aryl methyl sites for hydroxylation is 1. The summed E-state index contributed by atoms with van der Waals surface area (Å²) in [4.78, 5) is 16.0. The number of carbonyl (C=O) groups is 1. The van der Waals surface area contributed by atoms with Crippen LogP contribution in [-0.2, 0) is 4.79 Å². The first-order chi connectivity index (χ1) is 12.0. The molecular formula is C19H19N3O3. The number of methoxy groups -OCH3 is 2. The fraction of sp³-hybridized carbons (Fsp3) is 0.158. The molecular weight excluding hydrogens is 318 g/mol. The minimum absolute atomic E-state index is 0.513. The van der Waals surface area contributed by atoms with Gasteiger partial charge in [0.25, 0.3) is 0 Å². The Hall–Kier alpha value is -3.28. The van der Waals surface area contributed by atoms with Crippen LogP contribution in [0.3, 0.4) is 0 Å². The van der Waals surface area contributed by atoms with Crippen molar-refractivity contribution in [1.82, 2.24) is 9.38 Å². The van der Waals surface area contributed by atoms with E-state index in [1.54, 1.807) is 20.3 Å². The number of benzene rings is 1. The number of hydrogen-bond donors (Lipinski definition) is 1. The smallest absolute Gasteiger partial charge is 0.241 e. The molecule has 3 aromatic rings. The third-order valence-electron chi connectivity index (χ3n) is 3.94. The fourth-order valence-corrected chi connectivity index (χ4v) is 2.74. The summed E-state index contributed by atoms with van der Waals surface area (Å²) >= 11 is 0. The summed E-state index contributed by atoms with van der Waals surface area (Å²) in [7, 11) is 3.18. The van der Waals surface area contributed by atoms with Crippen LogP contribution in [0.5, 0.6) is 11.5 Å². The van der Waals surface area contributed by atoms with Gasteiger partial charge in [-0.1, -0.05) is 6.07 Å². The third kappa shape index (κ3) is 3.06. The van der Waals surface area contributed by atoms with Crippen LogP contribution in [0.2, 0.25) is 0 Å². The largest absolute Gasteiger partial charge is 0.493 e. The van der Waals surface area contributed by atoms with Crippen molar-refractivity contribution in [3.63, 3.8) is 0 Å². The number of ether oxygens (including phenoxy) is 2. The molecule has 1 amide bonds. The van der Waals surface area contributed by atoms with Crippen molar-refractivity contribution in [1.29, 1.82) is 0 Å². The number of pyridine rings is 1. The van der Waals surface area contributed by atoms with E-state index in [2.05, 4.69) is 0 Å². The van der Waals surface area contributed by atoms with Crippen molar-refractivity contribution in [2.24, 2.45) is 5.73 Å². The Morgan fingerprint density at radius 2 is 1.96 bits per heavy atom. The van der Waals surface area contributed by atoms with Crippen LogP contribution in [0, 0.1) is 6.92 Å². The van der Waals surface area contributed by atoms with Crippen molar-refractivity contribution >= 4 is 17.6 Å². The summed E-state index contributed by atoms with van der Waals surface area (Å²) < 4.78 is 12.6. The van der Waals surface area contributed by atoms with Gasteiger partial charge < -0.3 is 15.2 Å². The van der Waals surface area contributed by atoms with Gasteiger partial charge in [-0.2, -0.15) is 0 Å². The van der Waals surface area contributed by atoms with E-state index in [-0.39, 0.29) is 0 Å². The van der Waals surface area contributed by atoms with E-state index >= 15 is 0 Å². The van der Waals surface area contributed by atoms with Crippen molar-refractivity contribution in [3.05, 3.63) is 53.9 Å². The first-order valence-electron chi connectivity index (χ1n) is 7.72. The molecule has 2 heterocycles. The highest BCUT2D eigenvalue weighted by molar-refractivity contribution is 5.91. The highest BCUT2D eigenvalue weighted by atomic mass is 16.5. The number of carbonyl (C=O) groups excluding carboxylic acids is 1. The molecule has 0 bridgehead atoms. The second-order valence-electron chi connectivity index (χ2n) is 5.54. The fourth-order valence-electron chi connectivity index (χ4n) is 2.74. The van der Waals surface area contributed by atoms with Crippen LogP contribution < -0.4 is 15.2 Å². The van der Waals surface area contributed by atoms with Crippen molar-refractivity contribution in [2.45, 2.75) is 6.92 Å². The van der Waals surface area contributed by atoms with Gasteiger partial charge in [0, 0.05) is 17.8 Å². The van der Waals surface area contributed by atoms with E-state index in [1.807, 2.05) is 47.9 Å². The van der Waals surface area contributed by atoms with Crippen LogP contribution in [-0.4, -0.2) is 29.5 Å². The van der Waals surface area contributed by atoms with Gasteiger partial charge in [0.2, 0.25) is 5.91 Å². The molecule has 0 aliphatic rings. The molecule has 3 rings (SSSR count). The maximum absolute atomic E-state index is 11.2. The van der Waals surface area contributed by atoms with Crippen molar-refractivity contribution in [2.75, 3.05) is 14.2 Å². The predicted molar refractivity (Wildman–Crippen MR) is 96.7 cm³/mol. The summed E-state index contributed by atoms with van der Waals surface area (Å²) in [6, 6.07) is 9.51. The summed E-state index contributed by atoms with van der Waals surface area (Å²) in [5, 5.41) is 0. The average molecular weight is 337 g/mol. The quantitative estimate of drug-likeness (QED) is 0.726. The second-order valence-corrected chi connectivity index (χ2v) is 5.54. The zero-order chi connectivity index (χ0) is 18.0. The van der Waals surface area contributed by atoms with E-state index in [1.165, 1.54) is 6.08 Å². The zero-order valence-electron chi connectivity index (χ0n) is 14.3. The zero-order valence-corrected chi connectivity index (χ0v) is 14.3. The van der Waals surface area contributed by atoms with E-state index in [0.29, 0.717) is 11.5 Å². The van der Waals surface area contributed by atoms with E-state index in [4.69, 9.17) is 20.2 Å². The number of nitrogens with two attached hydrogens (primary N) is 1. The van der Waals surface area contributed by atoms with Gasteiger partial charge in [-0.25, -0.2) is 4.98 Å². The molecule has 0 spiro atoms. The normalized spacial score (nSPS) is 11.2. The van der Waals surface area contributed by atoms with Gasteiger partial charge in [-0.3, -0.25) is 9.20 Å². The Balaban J connectivity index is 2.26. The summed E-state index contributed by atoms with van der Waals surface area (Å²) in [6.07, 6.45) is 4.91. The van der Waals surface area contributed by atoms with E-state index < -0.39 is 5.91 Å². The molecule has 2 aromatic heterocycles. The number of amides is 1. The lowest BCUT2D eigenvalue weighted by molar-refractivity contribution is -0.113. The molecule has 25 heavy (non-hydrogen) atoms. The second kappa shape index (κ2) is 6.68. The Labute approximate surface area is 145 Å². The first-order valence-corrected chi connectivity index (χ1v) is 7.72. The van der Waals surface area contributed by atoms with Crippen LogP contribution in [0.25, 0.3) is 23.0 Å². The summed E-state index contributed by atoms with van der Waals surface area (Å²) in [5.74, 6) is 0.736. The Kier molecular flexibility index (Phi) is 4.43. The Morgan fingerprint density at radius 3 is 2.64 bits per heavy atom. The van der Waals surface area contributed by atoms with Crippen LogP contribution in [0.4, 0.5) is 0 Å². The van der Waals surface area contributed by atoms with Gasteiger partial charge >= 0.3 is 0 Å². The van der Waals surface area contributed by atoms with Crippen LogP contribution in [0.15, 0.2) is 42.6 Å². The number of aromatic nitrogens is 2. The molecule has 6 nitrogen and oxygen atoms in total. The molecule has 2 N–H and O–H groups in total. The number of hydrogen-bond acceptors (Lipinski definition) is 4. The van der Waals surface area contributed by atoms with Gasteiger partial charge in [0.1, 0.15) is 5.65 Å². The van der Waals surface area contributed by atoms with Gasteiger partial charge in [-0.05, 0) is 42.8 Å². The van der Waals surface area contributed by atoms with Crippen LogP contribution in [0.1, 0.15) is 11.3 Å². The molecule has 6 heteroatoms. The summed E-state index contributed by atoms with van der Waals surface area (Å²) in [6.45, 7) is 1.99. The molecule has 0 saturated heterocycles. The standard InChI is InChI=1S/C19H19N3O3/c1-12-5-4-10-22-14(7-9-17(20)23)18(21-19(12)22)13-6-8-15(24-2)16(11-13)25-3/h4-11H,1-3H3,(H2,20,23)/b9-7+. The number of nitrogens with zero attached hydrogens (tertiary/aromatic N) is 2. The van der Waals surface area contributed by atoms with E-state index in [9.17, 15) is 4.79 Å². The maximum atomic E-state index is 11.2. The van der Waals surface area contributed by atoms with Crippen molar-refractivity contribution < 1.29 is 14.3 Å². The highest BCUT2D eigenvalue weighted by Gasteiger charge is 2.15. The van der Waals surface area contributed by atoms with Crippen LogP contribution >= 0.6 is 0 Å². The number of fused-ring (bicyclic) bond motifs is 1. The van der Waals surface area contributed by atoms with E-state index in [0.717, 1.165) is 28.2 Å². The third-order valence-corrected chi connectivity index (χ3v) is 3.94. The molecule has 0 fully saturated rings. The molecule has 0 aliphatic heterocycles. The van der Waals surface area contributed by atoms with Gasteiger partial charge in [-0.15, -0.1) is 0 Å². The minimum atomic E-state index is -0.513.